The lowest BCUT2D eigenvalue weighted by Crippen LogP contribution is -2.36. The number of unbranched alkanes of at least 4 members (excludes halogenated alkanes) is 2. The number of nitrogens with zero attached hydrogens (tertiary/aromatic N) is 1. The number of benzene rings is 2. The van der Waals surface area contributed by atoms with Gasteiger partial charge in [-0.1, -0.05) is 73.9 Å². The van der Waals surface area contributed by atoms with Crippen LogP contribution in [0, 0.1) is 0 Å². The smallest absolute Gasteiger partial charge is 0.0267 e. The van der Waals surface area contributed by atoms with Gasteiger partial charge in [0.1, 0.15) is 0 Å². The van der Waals surface area contributed by atoms with Crippen molar-refractivity contribution >= 4 is 11.6 Å². The van der Waals surface area contributed by atoms with Crippen LogP contribution in [0.25, 0.3) is 22.8 Å². The Kier molecular flexibility index (Phi) is 8.90. The van der Waals surface area contributed by atoms with Crippen LogP contribution < -0.4 is 10.4 Å². The highest BCUT2D eigenvalue weighted by Gasteiger charge is 2.16. The highest BCUT2D eigenvalue weighted by atomic mass is 14.6. The van der Waals surface area contributed by atoms with Crippen molar-refractivity contribution in [2.45, 2.75) is 58.3 Å². The minimum absolute atomic E-state index is 1.09. The lowest BCUT2D eigenvalue weighted by molar-refractivity contribution is 0.706. The van der Waals surface area contributed by atoms with Crippen molar-refractivity contribution in [1.82, 2.24) is 9.97 Å². The molecule has 2 heteroatoms. The largest absolute Gasteiger partial charge is 0.368 e. The highest BCUT2D eigenvalue weighted by Crippen LogP contribution is 2.26. The Bertz CT molecular complexity index is 1210. The van der Waals surface area contributed by atoms with Gasteiger partial charge in [0.15, 0.2) is 0 Å². The van der Waals surface area contributed by atoms with Gasteiger partial charge in [-0.25, -0.2) is 0 Å². The van der Waals surface area contributed by atoms with E-state index in [-0.39, 0.29) is 0 Å². The standard InChI is InChI=1S/C23H26.C5H5N.C4H5N/c1-2-3-4-9-18-10-7-11-19-14-15-21-20-12-6-5-8-17(20)13-16-22(21)23(18)19;1-2-4-6-5-3-1;1-2-4-5-3-1/h5-6,8,12,14-16H,2-4,7,9-11,13H2,1H3;1-5H;1-5H. The van der Waals surface area contributed by atoms with Crippen molar-refractivity contribution in [2.24, 2.45) is 0 Å². The van der Waals surface area contributed by atoms with Crippen molar-refractivity contribution < 1.29 is 0 Å². The first-order valence-electron chi connectivity index (χ1n) is 12.7. The Hall–Kier alpha value is -3.39. The zero-order valence-electron chi connectivity index (χ0n) is 20.3. The van der Waals surface area contributed by atoms with Crippen LogP contribution in [0.3, 0.4) is 0 Å². The molecule has 174 valence electrons. The van der Waals surface area contributed by atoms with Crippen molar-refractivity contribution in [2.75, 3.05) is 0 Å². The first-order valence-corrected chi connectivity index (χ1v) is 12.7. The fraction of sp³-hybridized carbons (Fsp3) is 0.281. The molecule has 0 saturated heterocycles. The van der Waals surface area contributed by atoms with Crippen molar-refractivity contribution in [3.05, 3.63) is 113 Å². The molecule has 2 aromatic carbocycles. The summed E-state index contributed by atoms with van der Waals surface area (Å²) in [5.41, 5.74) is 7.71. The van der Waals surface area contributed by atoms with E-state index in [2.05, 4.69) is 59.4 Å². The third kappa shape index (κ3) is 6.14. The molecular weight excluding hydrogens is 412 g/mol. The Labute approximate surface area is 204 Å². The van der Waals surface area contributed by atoms with E-state index in [1.54, 1.807) is 28.7 Å². The molecule has 2 heterocycles. The summed E-state index contributed by atoms with van der Waals surface area (Å²) in [6.07, 6.45) is 20.1. The number of aryl methyl sites for hydroxylation is 1. The van der Waals surface area contributed by atoms with E-state index in [9.17, 15) is 0 Å². The molecule has 0 amide bonds. The molecule has 0 bridgehead atoms. The molecule has 0 fully saturated rings. The number of hydrogen-bond donors (Lipinski definition) is 1. The lowest BCUT2D eigenvalue weighted by atomic mass is 9.83. The number of aromatic nitrogens is 2. The van der Waals surface area contributed by atoms with E-state index in [0.29, 0.717) is 0 Å². The zero-order valence-corrected chi connectivity index (χ0v) is 20.3. The summed E-state index contributed by atoms with van der Waals surface area (Å²) in [5.74, 6) is 0. The fourth-order valence-electron chi connectivity index (χ4n) is 4.96. The lowest BCUT2D eigenvalue weighted by Gasteiger charge is -2.21. The fourth-order valence-corrected chi connectivity index (χ4v) is 4.96. The van der Waals surface area contributed by atoms with E-state index < -0.39 is 0 Å². The predicted molar refractivity (Wildman–Crippen MR) is 145 cm³/mol. The van der Waals surface area contributed by atoms with Gasteiger partial charge < -0.3 is 4.98 Å². The van der Waals surface area contributed by atoms with Crippen LogP contribution in [0.2, 0.25) is 0 Å². The van der Waals surface area contributed by atoms with E-state index in [1.165, 1.54) is 66.9 Å². The van der Waals surface area contributed by atoms with Gasteiger partial charge >= 0.3 is 0 Å². The summed E-state index contributed by atoms with van der Waals surface area (Å²) in [6.45, 7) is 2.30. The molecule has 0 aliphatic heterocycles. The van der Waals surface area contributed by atoms with Crippen LogP contribution in [0.1, 0.15) is 56.6 Å². The van der Waals surface area contributed by atoms with Gasteiger partial charge in [-0.05, 0) is 95.5 Å². The molecule has 34 heavy (non-hydrogen) atoms. The average Bonchev–Trinajstić information content (AvgIpc) is 3.50. The molecule has 0 saturated carbocycles. The predicted octanol–water partition coefficient (Wildman–Crippen LogP) is 6.85. The van der Waals surface area contributed by atoms with E-state index in [4.69, 9.17) is 0 Å². The van der Waals surface area contributed by atoms with Crippen molar-refractivity contribution in [1.29, 1.82) is 0 Å². The summed E-state index contributed by atoms with van der Waals surface area (Å²) >= 11 is 0. The topological polar surface area (TPSA) is 28.7 Å². The third-order valence-corrected chi connectivity index (χ3v) is 6.59. The number of fused-ring (bicyclic) bond motifs is 5. The van der Waals surface area contributed by atoms with Gasteiger partial charge in [-0.15, -0.1) is 0 Å². The van der Waals surface area contributed by atoms with Crippen LogP contribution in [-0.4, -0.2) is 9.97 Å². The molecule has 2 aromatic heterocycles. The first kappa shape index (κ1) is 23.8. The Balaban J connectivity index is 0.000000204. The monoisotopic (exact) mass is 448 g/mol. The molecule has 4 aromatic rings. The molecule has 0 atom stereocenters. The Morgan fingerprint density at radius 2 is 1.59 bits per heavy atom. The minimum atomic E-state index is 1.09. The first-order chi connectivity index (χ1) is 16.9. The van der Waals surface area contributed by atoms with Crippen molar-refractivity contribution in [3.63, 3.8) is 0 Å². The molecule has 2 aliphatic rings. The summed E-state index contributed by atoms with van der Waals surface area (Å²) in [5, 5.41) is 3.16. The number of hydrogen-bond acceptors (Lipinski definition) is 1. The van der Waals surface area contributed by atoms with Crippen molar-refractivity contribution in [3.8, 4) is 11.1 Å². The molecule has 0 spiro atoms. The Morgan fingerprint density at radius 3 is 2.26 bits per heavy atom. The summed E-state index contributed by atoms with van der Waals surface area (Å²) in [6, 6.07) is 23.3. The van der Waals surface area contributed by atoms with Crippen LogP contribution in [0.15, 0.2) is 91.5 Å². The third-order valence-electron chi connectivity index (χ3n) is 6.59. The number of aromatic amines is 1. The minimum Gasteiger partial charge on any atom is -0.368 e. The second-order valence-corrected chi connectivity index (χ2v) is 8.95. The highest BCUT2D eigenvalue weighted by molar-refractivity contribution is 5.74. The number of H-pyrrole nitrogens is 1. The molecule has 1 N–H and O–H groups in total. The molecule has 0 unspecified atom stereocenters. The summed E-state index contributed by atoms with van der Waals surface area (Å²) in [4.78, 5) is 6.65. The zero-order chi connectivity index (χ0) is 23.4. The molecule has 0 radical (unpaired) electrons. The normalized spacial score (nSPS) is 13.0. The quantitative estimate of drug-likeness (QED) is 0.340. The van der Waals surface area contributed by atoms with Crippen LogP contribution in [-0.2, 0) is 12.8 Å². The van der Waals surface area contributed by atoms with Gasteiger partial charge in [0, 0.05) is 24.8 Å². The summed E-state index contributed by atoms with van der Waals surface area (Å²) in [7, 11) is 0. The number of rotatable bonds is 4. The van der Waals surface area contributed by atoms with Crippen LogP contribution >= 0.6 is 0 Å². The van der Waals surface area contributed by atoms with E-state index >= 15 is 0 Å². The van der Waals surface area contributed by atoms with Gasteiger partial charge in [0.2, 0.25) is 0 Å². The molecular formula is C32H36N2. The SMILES string of the molecule is CCCCCC1=c2c(ccc3c2=CCc2ccccc2-3)CCC1.c1cc[nH]c1.c1ccncc1. The second-order valence-electron chi connectivity index (χ2n) is 8.95. The van der Waals surface area contributed by atoms with Crippen LogP contribution in [0.4, 0.5) is 0 Å². The molecule has 2 nitrogen and oxygen atoms in total. The maximum absolute atomic E-state index is 3.78. The van der Waals surface area contributed by atoms with E-state index in [0.717, 1.165) is 6.42 Å². The molecule has 2 aliphatic carbocycles. The number of nitrogens with one attached hydrogen (secondary N) is 1. The van der Waals surface area contributed by atoms with Gasteiger partial charge in [0.05, 0.1) is 0 Å². The molecule has 6 rings (SSSR count). The van der Waals surface area contributed by atoms with Gasteiger partial charge in [0.25, 0.3) is 0 Å². The second kappa shape index (κ2) is 12.7. The maximum atomic E-state index is 3.78. The maximum Gasteiger partial charge on any atom is 0.0267 e. The van der Waals surface area contributed by atoms with Gasteiger partial charge in [-0.3, -0.25) is 4.98 Å². The van der Waals surface area contributed by atoms with Gasteiger partial charge in [-0.2, -0.15) is 0 Å². The Morgan fingerprint density at radius 1 is 0.765 bits per heavy atom. The summed E-state index contributed by atoms with van der Waals surface area (Å²) < 4.78 is 0. The number of pyridine rings is 1. The average molecular weight is 449 g/mol. The van der Waals surface area contributed by atoms with E-state index in [1.807, 2.05) is 42.7 Å². The van der Waals surface area contributed by atoms with Crippen LogP contribution in [0.5, 0.6) is 0 Å².